The van der Waals surface area contributed by atoms with E-state index in [1.54, 1.807) is 36.4 Å². The predicted molar refractivity (Wildman–Crippen MR) is 99.1 cm³/mol. The van der Waals surface area contributed by atoms with Crippen molar-refractivity contribution in [2.24, 2.45) is 5.10 Å². The molecule has 0 atom stereocenters. The van der Waals surface area contributed by atoms with Gasteiger partial charge in [0.15, 0.2) is 11.5 Å². The number of hydrogen-bond donors (Lipinski definition) is 2. The van der Waals surface area contributed by atoms with E-state index in [1.807, 2.05) is 0 Å². The molecule has 2 aromatic carbocycles. The lowest BCUT2D eigenvalue weighted by atomic mass is 10.2. The Hall–Kier alpha value is -3.06. The zero-order valence-electron chi connectivity index (χ0n) is 14.3. The molecule has 7 nitrogen and oxygen atoms in total. The number of nitrogens with zero attached hydrogens (tertiary/aromatic N) is 1. The van der Waals surface area contributed by atoms with E-state index in [-0.39, 0.29) is 6.54 Å². The molecule has 0 fully saturated rings. The summed E-state index contributed by atoms with van der Waals surface area (Å²) < 4.78 is 10.3. The molecule has 0 unspecified atom stereocenters. The van der Waals surface area contributed by atoms with Gasteiger partial charge in [0, 0.05) is 10.6 Å². The number of carbonyl (C=O) groups excluding carboxylic acids is 2. The maximum atomic E-state index is 12.1. The van der Waals surface area contributed by atoms with Crippen LogP contribution in [0.25, 0.3) is 0 Å². The number of hydrazone groups is 1. The Morgan fingerprint density at radius 1 is 1.08 bits per heavy atom. The average molecular weight is 376 g/mol. The second-order valence-electron chi connectivity index (χ2n) is 5.10. The van der Waals surface area contributed by atoms with Gasteiger partial charge in [-0.15, -0.1) is 0 Å². The summed E-state index contributed by atoms with van der Waals surface area (Å²) in [5.74, 6) is 0.0716. The van der Waals surface area contributed by atoms with Crippen molar-refractivity contribution in [3.05, 3.63) is 58.6 Å². The maximum Gasteiger partial charge on any atom is 0.259 e. The topological polar surface area (TPSA) is 89.0 Å². The fraction of sp³-hybridized carbons (Fsp3) is 0.167. The Kier molecular flexibility index (Phi) is 6.99. The number of carbonyl (C=O) groups is 2. The van der Waals surface area contributed by atoms with E-state index in [2.05, 4.69) is 15.8 Å². The molecule has 0 aliphatic rings. The van der Waals surface area contributed by atoms with Gasteiger partial charge in [0.2, 0.25) is 0 Å². The molecule has 0 spiro atoms. The molecule has 0 bridgehead atoms. The van der Waals surface area contributed by atoms with Crippen molar-refractivity contribution in [2.45, 2.75) is 0 Å². The Balaban J connectivity index is 1.84. The molecule has 0 heterocycles. The van der Waals surface area contributed by atoms with Crippen LogP contribution in [0.3, 0.4) is 0 Å². The van der Waals surface area contributed by atoms with Crippen LogP contribution in [-0.2, 0) is 4.79 Å². The Labute approximate surface area is 155 Å². The van der Waals surface area contributed by atoms with Gasteiger partial charge in [0.05, 0.1) is 27.0 Å². The molecule has 2 aromatic rings. The number of nitrogens with one attached hydrogen (secondary N) is 2. The summed E-state index contributed by atoms with van der Waals surface area (Å²) in [4.78, 5) is 23.8. The van der Waals surface area contributed by atoms with Crippen molar-refractivity contribution in [1.82, 2.24) is 10.7 Å². The molecule has 0 aliphatic heterocycles. The molecule has 8 heteroatoms. The smallest absolute Gasteiger partial charge is 0.259 e. The molecule has 0 radical (unpaired) electrons. The predicted octanol–water partition coefficient (Wildman–Crippen LogP) is 2.24. The average Bonchev–Trinajstić information content (AvgIpc) is 2.67. The summed E-state index contributed by atoms with van der Waals surface area (Å²) in [6, 6.07) is 11.7. The molecule has 2 N–H and O–H groups in total. The largest absolute Gasteiger partial charge is 0.493 e. The van der Waals surface area contributed by atoms with Gasteiger partial charge in [-0.2, -0.15) is 5.10 Å². The van der Waals surface area contributed by atoms with Crippen LogP contribution >= 0.6 is 11.6 Å². The zero-order chi connectivity index (χ0) is 18.9. The van der Waals surface area contributed by atoms with Gasteiger partial charge in [-0.3, -0.25) is 9.59 Å². The molecule has 26 heavy (non-hydrogen) atoms. The van der Waals surface area contributed by atoms with Crippen LogP contribution in [0.2, 0.25) is 5.02 Å². The molecule has 0 aliphatic carbocycles. The van der Waals surface area contributed by atoms with Crippen molar-refractivity contribution in [3.63, 3.8) is 0 Å². The number of amides is 2. The first-order chi connectivity index (χ1) is 12.5. The summed E-state index contributed by atoms with van der Waals surface area (Å²) >= 11 is 5.78. The molecule has 0 saturated heterocycles. The van der Waals surface area contributed by atoms with Gasteiger partial charge in [-0.05, 0) is 35.9 Å². The Morgan fingerprint density at radius 2 is 1.77 bits per heavy atom. The molecule has 2 amide bonds. The number of hydrogen-bond acceptors (Lipinski definition) is 5. The highest BCUT2D eigenvalue weighted by Crippen LogP contribution is 2.27. The van der Waals surface area contributed by atoms with Crippen LogP contribution in [0, 0.1) is 0 Å². The third kappa shape index (κ3) is 5.49. The zero-order valence-corrected chi connectivity index (χ0v) is 15.0. The number of methoxy groups -OCH3 is 2. The second-order valence-corrected chi connectivity index (χ2v) is 5.53. The van der Waals surface area contributed by atoms with Gasteiger partial charge < -0.3 is 14.8 Å². The minimum absolute atomic E-state index is 0.217. The van der Waals surface area contributed by atoms with E-state index < -0.39 is 11.8 Å². The minimum atomic E-state index is -0.455. The number of halogens is 1. The van der Waals surface area contributed by atoms with Crippen LogP contribution in [-0.4, -0.2) is 38.8 Å². The molecule has 0 saturated carbocycles. The quantitative estimate of drug-likeness (QED) is 0.573. The summed E-state index contributed by atoms with van der Waals surface area (Å²) in [5.41, 5.74) is 3.46. The monoisotopic (exact) mass is 375 g/mol. The van der Waals surface area contributed by atoms with Crippen LogP contribution in [0.5, 0.6) is 11.5 Å². The standard InChI is InChI=1S/C18H18ClN3O4/c1-25-15-8-5-13(9-16(15)26-2)18(24)20-11-17(23)22-21-10-12-3-6-14(19)7-4-12/h3-10H,11H2,1-2H3,(H,20,24)(H,22,23)/b21-10+. The van der Waals surface area contributed by atoms with Crippen LogP contribution in [0.15, 0.2) is 47.6 Å². The second kappa shape index (κ2) is 9.43. The summed E-state index contributed by atoms with van der Waals surface area (Å²) in [7, 11) is 2.98. The molecule has 0 aromatic heterocycles. The van der Waals surface area contributed by atoms with E-state index >= 15 is 0 Å². The van der Waals surface area contributed by atoms with E-state index in [9.17, 15) is 9.59 Å². The fourth-order valence-corrected chi connectivity index (χ4v) is 2.13. The lowest BCUT2D eigenvalue weighted by Gasteiger charge is -2.09. The molecule has 136 valence electrons. The van der Waals surface area contributed by atoms with Crippen LogP contribution in [0.4, 0.5) is 0 Å². The van der Waals surface area contributed by atoms with Crippen molar-refractivity contribution < 1.29 is 19.1 Å². The van der Waals surface area contributed by atoms with Crippen molar-refractivity contribution in [2.75, 3.05) is 20.8 Å². The molecular weight excluding hydrogens is 358 g/mol. The van der Waals surface area contributed by atoms with Gasteiger partial charge >= 0.3 is 0 Å². The Morgan fingerprint density at radius 3 is 2.42 bits per heavy atom. The number of rotatable bonds is 7. The minimum Gasteiger partial charge on any atom is -0.493 e. The SMILES string of the molecule is COc1ccc(C(=O)NCC(=O)N/N=C/c2ccc(Cl)cc2)cc1OC. The molecular formula is C18H18ClN3O4. The third-order valence-corrected chi connectivity index (χ3v) is 3.58. The first-order valence-corrected chi connectivity index (χ1v) is 7.99. The first-order valence-electron chi connectivity index (χ1n) is 7.61. The first kappa shape index (κ1) is 19.3. The summed E-state index contributed by atoms with van der Waals surface area (Å²) in [5, 5.41) is 6.94. The third-order valence-electron chi connectivity index (χ3n) is 3.33. The number of benzene rings is 2. The van der Waals surface area contributed by atoms with E-state index in [4.69, 9.17) is 21.1 Å². The highest BCUT2D eigenvalue weighted by atomic mass is 35.5. The van der Waals surface area contributed by atoms with Crippen molar-refractivity contribution in [1.29, 1.82) is 0 Å². The normalized spacial score (nSPS) is 10.4. The maximum absolute atomic E-state index is 12.1. The highest BCUT2D eigenvalue weighted by molar-refractivity contribution is 6.30. The van der Waals surface area contributed by atoms with Crippen molar-refractivity contribution >= 4 is 29.6 Å². The van der Waals surface area contributed by atoms with Crippen LogP contribution in [0.1, 0.15) is 15.9 Å². The fourth-order valence-electron chi connectivity index (χ4n) is 2.01. The summed E-state index contributed by atoms with van der Waals surface area (Å²) in [6.07, 6.45) is 1.48. The van der Waals surface area contributed by atoms with Gasteiger partial charge in [0.25, 0.3) is 11.8 Å². The van der Waals surface area contributed by atoms with Crippen LogP contribution < -0.4 is 20.2 Å². The van der Waals surface area contributed by atoms with E-state index in [1.165, 1.54) is 26.5 Å². The highest BCUT2D eigenvalue weighted by Gasteiger charge is 2.11. The van der Waals surface area contributed by atoms with Gasteiger partial charge in [-0.25, -0.2) is 5.43 Å². The van der Waals surface area contributed by atoms with Gasteiger partial charge in [0.1, 0.15) is 0 Å². The van der Waals surface area contributed by atoms with E-state index in [0.717, 1.165) is 5.56 Å². The number of ether oxygens (including phenoxy) is 2. The Bertz CT molecular complexity index is 807. The summed E-state index contributed by atoms with van der Waals surface area (Å²) in [6.45, 7) is -0.217. The van der Waals surface area contributed by atoms with Gasteiger partial charge in [-0.1, -0.05) is 23.7 Å². The van der Waals surface area contributed by atoms with E-state index in [0.29, 0.717) is 22.1 Å². The van der Waals surface area contributed by atoms with Crippen molar-refractivity contribution in [3.8, 4) is 11.5 Å². The lowest BCUT2D eigenvalue weighted by Crippen LogP contribution is -2.34. The lowest BCUT2D eigenvalue weighted by molar-refractivity contribution is -0.120. The molecule has 2 rings (SSSR count).